The molecule has 0 aliphatic carbocycles. The molecule has 120 valence electrons. The zero-order valence-corrected chi connectivity index (χ0v) is 12.6. The van der Waals surface area contributed by atoms with E-state index in [0.717, 1.165) is 22.5 Å². The molecule has 8 heteroatoms. The third-order valence-corrected chi connectivity index (χ3v) is 3.02. The first kappa shape index (κ1) is 16.7. The van der Waals surface area contributed by atoms with Crippen molar-refractivity contribution in [3.05, 3.63) is 59.7 Å². The summed E-state index contributed by atoms with van der Waals surface area (Å²) in [5, 5.41) is 0. The number of amides is 2. The third-order valence-electron chi connectivity index (χ3n) is 3.02. The molecule has 2 aromatic rings. The number of primary amides is 1. The van der Waals surface area contributed by atoms with Crippen LogP contribution in [-0.2, 0) is 10.4 Å². The number of nitrogens with zero attached hydrogens (tertiary/aromatic N) is 1. The molecule has 1 aliphatic rings. The van der Waals surface area contributed by atoms with Crippen LogP contribution in [0.4, 0.5) is 16.2 Å². The molecule has 4 N–H and O–H groups in total. The predicted molar refractivity (Wildman–Crippen MR) is 87.7 cm³/mol. The number of hydrogen-bond donors (Lipinski definition) is 3. The van der Waals surface area contributed by atoms with Gasteiger partial charge in [0, 0.05) is 0 Å². The van der Waals surface area contributed by atoms with Gasteiger partial charge in [0.1, 0.15) is 0 Å². The lowest BCUT2D eigenvalue weighted by molar-refractivity contribution is 0.256. The number of hydrogen-bond acceptors (Lipinski definition) is 3. The van der Waals surface area contributed by atoms with Gasteiger partial charge in [-0.15, -0.1) is 0 Å². The molecule has 2 aromatic carbocycles. The molecule has 1 heterocycles. The molecule has 7 nitrogen and oxygen atoms in total. The zero-order valence-electron chi connectivity index (χ0n) is 11.8. The fourth-order valence-corrected chi connectivity index (χ4v) is 2.21. The molecule has 0 fully saturated rings. The molecule has 3 rings (SSSR count). The maximum atomic E-state index is 11.8. The lowest BCUT2D eigenvalue weighted by Crippen LogP contribution is -2.32. The molecule has 0 saturated heterocycles. The molecule has 0 atom stereocenters. The van der Waals surface area contributed by atoms with E-state index in [0.29, 0.717) is 0 Å². The van der Waals surface area contributed by atoms with Crippen LogP contribution >= 0.6 is 0 Å². The minimum absolute atomic E-state index is 0.474. The Morgan fingerprint density at radius 2 is 1.22 bits per heavy atom. The largest absolute Gasteiger partial charge is 0.394 e. The number of urea groups is 1. The molecule has 23 heavy (non-hydrogen) atoms. The van der Waals surface area contributed by atoms with E-state index in [1.807, 2.05) is 60.7 Å². The maximum absolute atomic E-state index is 11.8. The van der Waals surface area contributed by atoms with Crippen LogP contribution in [0.15, 0.2) is 48.5 Å². The summed E-state index contributed by atoms with van der Waals surface area (Å²) in [4.78, 5) is 13.3. The number of benzene rings is 2. The van der Waals surface area contributed by atoms with Crippen LogP contribution in [-0.4, -0.2) is 23.6 Å². The van der Waals surface area contributed by atoms with E-state index in [1.165, 1.54) is 0 Å². The normalized spacial score (nSPS) is 12.3. The smallest absolute Gasteiger partial charge is 0.351 e. The molecule has 0 saturated carbocycles. The molecule has 1 aliphatic heterocycles. The standard InChI is InChI=1S/C15H12N2O.H2O4S/c16-15(18)17-13-7-3-1-5-11(13)9-10-12-6-2-4-8-14(12)17;1-5(2,3)4/h1-10H,(H2,16,18);(H2,1,2,3,4). The summed E-state index contributed by atoms with van der Waals surface area (Å²) >= 11 is 0. The fraction of sp³-hybridized carbons (Fsp3) is 0. The van der Waals surface area contributed by atoms with Crippen LogP contribution in [0.3, 0.4) is 0 Å². The summed E-state index contributed by atoms with van der Waals surface area (Å²) in [7, 11) is -4.67. The maximum Gasteiger partial charge on any atom is 0.394 e. The van der Waals surface area contributed by atoms with E-state index in [4.69, 9.17) is 23.3 Å². The Balaban J connectivity index is 0.000000338. The molecule has 0 unspecified atom stereocenters. The molecular formula is C15H14N2O5S. The number of para-hydroxylation sites is 2. The minimum Gasteiger partial charge on any atom is -0.351 e. The highest BCUT2D eigenvalue weighted by molar-refractivity contribution is 7.79. The lowest BCUT2D eigenvalue weighted by Gasteiger charge is -2.22. The molecule has 0 spiro atoms. The monoisotopic (exact) mass is 334 g/mol. The van der Waals surface area contributed by atoms with Gasteiger partial charge < -0.3 is 5.73 Å². The summed E-state index contributed by atoms with van der Waals surface area (Å²) < 4.78 is 31.6. The number of carbonyl (C=O) groups is 1. The van der Waals surface area contributed by atoms with Gasteiger partial charge in [-0.25, -0.2) is 4.79 Å². The first-order chi connectivity index (χ1) is 10.8. The van der Waals surface area contributed by atoms with E-state index >= 15 is 0 Å². The van der Waals surface area contributed by atoms with E-state index in [-0.39, 0.29) is 0 Å². The van der Waals surface area contributed by atoms with Gasteiger partial charge in [0.25, 0.3) is 0 Å². The van der Waals surface area contributed by atoms with Gasteiger partial charge in [0.05, 0.1) is 11.4 Å². The second-order valence-corrected chi connectivity index (χ2v) is 5.47. The average molecular weight is 334 g/mol. The highest BCUT2D eigenvalue weighted by atomic mass is 32.3. The van der Waals surface area contributed by atoms with E-state index in [2.05, 4.69) is 0 Å². The van der Waals surface area contributed by atoms with Crippen molar-refractivity contribution >= 4 is 40.0 Å². The topological polar surface area (TPSA) is 121 Å². The average Bonchev–Trinajstić information content (AvgIpc) is 2.62. The Morgan fingerprint density at radius 1 is 0.870 bits per heavy atom. The Labute approximate surface area is 133 Å². The number of rotatable bonds is 0. The Kier molecular flexibility index (Phi) is 4.80. The highest BCUT2D eigenvalue weighted by Crippen LogP contribution is 2.35. The lowest BCUT2D eigenvalue weighted by atomic mass is 10.1. The quantitative estimate of drug-likeness (QED) is 0.640. The first-order valence-electron chi connectivity index (χ1n) is 6.43. The van der Waals surface area contributed by atoms with Crippen LogP contribution < -0.4 is 10.6 Å². The molecular weight excluding hydrogens is 320 g/mol. The van der Waals surface area contributed by atoms with Crippen molar-refractivity contribution < 1.29 is 22.3 Å². The van der Waals surface area contributed by atoms with Crippen molar-refractivity contribution in [3.8, 4) is 0 Å². The fourth-order valence-electron chi connectivity index (χ4n) is 2.21. The zero-order chi connectivity index (χ0) is 17.0. The Morgan fingerprint density at radius 3 is 1.57 bits per heavy atom. The van der Waals surface area contributed by atoms with Gasteiger partial charge >= 0.3 is 16.4 Å². The number of fused-ring (bicyclic) bond motifs is 2. The van der Waals surface area contributed by atoms with Gasteiger partial charge in [0.2, 0.25) is 0 Å². The summed E-state index contributed by atoms with van der Waals surface area (Å²) in [5.41, 5.74) is 9.11. The molecule has 0 radical (unpaired) electrons. The second-order valence-electron chi connectivity index (χ2n) is 4.57. The SMILES string of the molecule is NC(=O)N1c2ccccc2C=Cc2ccccc21.O=S(=O)(O)O. The van der Waals surface area contributed by atoms with Crippen molar-refractivity contribution in [2.75, 3.05) is 4.90 Å². The number of anilines is 2. The van der Waals surface area contributed by atoms with Crippen molar-refractivity contribution in [2.45, 2.75) is 0 Å². The van der Waals surface area contributed by atoms with Crippen LogP contribution in [0, 0.1) is 0 Å². The predicted octanol–water partition coefficient (Wildman–Crippen LogP) is 2.73. The molecule has 2 amide bonds. The summed E-state index contributed by atoms with van der Waals surface area (Å²) in [6.07, 6.45) is 3.99. The van der Waals surface area contributed by atoms with Gasteiger partial charge in [-0.1, -0.05) is 48.6 Å². The van der Waals surface area contributed by atoms with Gasteiger partial charge in [-0.05, 0) is 23.3 Å². The van der Waals surface area contributed by atoms with Gasteiger partial charge in [-0.2, -0.15) is 8.42 Å². The first-order valence-corrected chi connectivity index (χ1v) is 7.82. The van der Waals surface area contributed by atoms with Crippen molar-refractivity contribution in [1.82, 2.24) is 0 Å². The highest BCUT2D eigenvalue weighted by Gasteiger charge is 2.21. The van der Waals surface area contributed by atoms with Gasteiger partial charge in [0.15, 0.2) is 0 Å². The van der Waals surface area contributed by atoms with Crippen molar-refractivity contribution in [2.24, 2.45) is 5.73 Å². The summed E-state index contributed by atoms with van der Waals surface area (Å²) in [6.45, 7) is 0. The molecule has 0 aromatic heterocycles. The Hall–Kier alpha value is -2.68. The Bertz CT molecular complexity index is 804. The van der Waals surface area contributed by atoms with E-state index < -0.39 is 16.4 Å². The van der Waals surface area contributed by atoms with Crippen LogP contribution in [0.1, 0.15) is 11.1 Å². The van der Waals surface area contributed by atoms with Crippen molar-refractivity contribution in [3.63, 3.8) is 0 Å². The van der Waals surface area contributed by atoms with E-state index in [9.17, 15) is 4.79 Å². The van der Waals surface area contributed by atoms with Crippen LogP contribution in [0.2, 0.25) is 0 Å². The van der Waals surface area contributed by atoms with Crippen LogP contribution in [0.25, 0.3) is 12.2 Å². The summed E-state index contributed by atoms with van der Waals surface area (Å²) in [5.74, 6) is 0. The van der Waals surface area contributed by atoms with Crippen molar-refractivity contribution in [1.29, 1.82) is 0 Å². The minimum atomic E-state index is -4.67. The van der Waals surface area contributed by atoms with E-state index in [1.54, 1.807) is 4.90 Å². The second kappa shape index (κ2) is 6.61. The number of nitrogens with two attached hydrogens (primary N) is 1. The third kappa shape index (κ3) is 4.39. The summed E-state index contributed by atoms with van der Waals surface area (Å²) in [6, 6.07) is 14.9. The van der Waals surface area contributed by atoms with Gasteiger partial charge in [-0.3, -0.25) is 14.0 Å². The number of carbonyl (C=O) groups excluding carboxylic acids is 1. The van der Waals surface area contributed by atoms with Crippen LogP contribution in [0.5, 0.6) is 0 Å². The molecule has 0 bridgehead atoms.